The van der Waals surface area contributed by atoms with E-state index < -0.39 is 0 Å². The molecule has 3 heteroatoms. The molecule has 2 rings (SSSR count). The van der Waals surface area contributed by atoms with E-state index in [1.54, 1.807) is 13.1 Å². The van der Waals surface area contributed by atoms with E-state index in [2.05, 4.69) is 5.10 Å². The van der Waals surface area contributed by atoms with Gasteiger partial charge in [-0.1, -0.05) is 30.3 Å². The Kier molecular flexibility index (Phi) is 2.23. The van der Waals surface area contributed by atoms with Crippen molar-refractivity contribution in [3.05, 3.63) is 47.7 Å². The van der Waals surface area contributed by atoms with Crippen molar-refractivity contribution in [3.63, 3.8) is 0 Å². The first-order chi connectivity index (χ1) is 6.75. The van der Waals surface area contributed by atoms with Crippen LogP contribution in [-0.4, -0.2) is 14.9 Å². The van der Waals surface area contributed by atoms with Crippen molar-refractivity contribution in [1.82, 2.24) is 9.78 Å². The van der Waals surface area contributed by atoms with Crippen molar-refractivity contribution in [2.75, 3.05) is 0 Å². The first-order valence-corrected chi connectivity index (χ1v) is 4.51. The Morgan fingerprint density at radius 1 is 1.29 bits per heavy atom. The molecule has 0 aliphatic rings. The van der Waals surface area contributed by atoms with Crippen LogP contribution in [0.15, 0.2) is 36.4 Å². The minimum absolute atomic E-state index is 0.205. The standard InChI is InChI=1S/C11H12N2O/c1-13-11(14)8-10(12-13)7-9-5-3-2-4-6-9/h2-6,8,14H,7H2,1H3. The van der Waals surface area contributed by atoms with E-state index in [1.165, 1.54) is 10.2 Å². The Hall–Kier alpha value is -1.77. The predicted molar refractivity (Wildman–Crippen MR) is 54.1 cm³/mol. The van der Waals surface area contributed by atoms with Gasteiger partial charge in [-0.3, -0.25) is 0 Å². The zero-order valence-electron chi connectivity index (χ0n) is 8.01. The molecule has 0 fully saturated rings. The smallest absolute Gasteiger partial charge is 0.209 e. The molecule has 1 aromatic carbocycles. The quantitative estimate of drug-likeness (QED) is 0.779. The SMILES string of the molecule is Cn1nc(Cc2ccccc2)cc1O. The molecular weight excluding hydrogens is 176 g/mol. The molecule has 3 nitrogen and oxygen atoms in total. The molecule has 2 aromatic rings. The third kappa shape index (κ3) is 1.76. The maximum Gasteiger partial charge on any atom is 0.209 e. The fourth-order valence-corrected chi connectivity index (χ4v) is 1.41. The van der Waals surface area contributed by atoms with Crippen molar-refractivity contribution in [1.29, 1.82) is 0 Å². The van der Waals surface area contributed by atoms with Gasteiger partial charge in [-0.25, -0.2) is 4.68 Å². The Morgan fingerprint density at radius 2 is 2.00 bits per heavy atom. The molecule has 14 heavy (non-hydrogen) atoms. The normalized spacial score (nSPS) is 10.4. The van der Waals surface area contributed by atoms with Gasteiger partial charge in [0, 0.05) is 19.5 Å². The van der Waals surface area contributed by atoms with E-state index in [1.807, 2.05) is 30.3 Å². The van der Waals surface area contributed by atoms with E-state index >= 15 is 0 Å². The lowest BCUT2D eigenvalue weighted by Gasteiger charge is -1.95. The van der Waals surface area contributed by atoms with E-state index in [4.69, 9.17) is 0 Å². The molecule has 0 saturated carbocycles. The van der Waals surface area contributed by atoms with Crippen LogP contribution < -0.4 is 0 Å². The van der Waals surface area contributed by atoms with Gasteiger partial charge in [-0.15, -0.1) is 0 Å². The molecule has 1 aromatic heterocycles. The molecule has 0 saturated heterocycles. The summed E-state index contributed by atoms with van der Waals surface area (Å²) in [6.07, 6.45) is 0.759. The summed E-state index contributed by atoms with van der Waals surface area (Å²) in [5, 5.41) is 13.5. The monoisotopic (exact) mass is 188 g/mol. The van der Waals surface area contributed by atoms with Crippen LogP contribution in [0.1, 0.15) is 11.3 Å². The summed E-state index contributed by atoms with van der Waals surface area (Å²) in [6.45, 7) is 0. The highest BCUT2D eigenvalue weighted by atomic mass is 16.3. The van der Waals surface area contributed by atoms with Gasteiger partial charge in [0.25, 0.3) is 0 Å². The maximum absolute atomic E-state index is 9.32. The van der Waals surface area contributed by atoms with Crippen molar-refractivity contribution >= 4 is 0 Å². The number of nitrogens with zero attached hydrogens (tertiary/aromatic N) is 2. The van der Waals surface area contributed by atoms with Crippen LogP contribution in [0.3, 0.4) is 0 Å². The van der Waals surface area contributed by atoms with E-state index in [0.29, 0.717) is 0 Å². The van der Waals surface area contributed by atoms with Gasteiger partial charge in [0.05, 0.1) is 5.69 Å². The van der Waals surface area contributed by atoms with Crippen molar-refractivity contribution in [3.8, 4) is 5.88 Å². The van der Waals surface area contributed by atoms with Crippen molar-refractivity contribution in [2.24, 2.45) is 7.05 Å². The lowest BCUT2D eigenvalue weighted by Crippen LogP contribution is -1.92. The summed E-state index contributed by atoms with van der Waals surface area (Å²) in [4.78, 5) is 0. The molecule has 0 radical (unpaired) electrons. The van der Waals surface area contributed by atoms with Crippen LogP contribution in [-0.2, 0) is 13.5 Å². The topological polar surface area (TPSA) is 38.0 Å². The van der Waals surface area contributed by atoms with Crippen LogP contribution in [0.2, 0.25) is 0 Å². The van der Waals surface area contributed by atoms with Gasteiger partial charge in [0.2, 0.25) is 5.88 Å². The van der Waals surface area contributed by atoms with Crippen molar-refractivity contribution in [2.45, 2.75) is 6.42 Å². The summed E-state index contributed by atoms with van der Waals surface area (Å²) < 4.78 is 1.47. The summed E-state index contributed by atoms with van der Waals surface area (Å²) in [5.74, 6) is 0.205. The highest BCUT2D eigenvalue weighted by molar-refractivity contribution is 5.23. The lowest BCUT2D eigenvalue weighted by atomic mass is 10.1. The number of hydrogen-bond donors (Lipinski definition) is 1. The molecule has 0 spiro atoms. The molecule has 0 atom stereocenters. The van der Waals surface area contributed by atoms with Crippen LogP contribution in [0.25, 0.3) is 0 Å². The second-order valence-corrected chi connectivity index (χ2v) is 3.28. The third-order valence-electron chi connectivity index (χ3n) is 2.13. The van der Waals surface area contributed by atoms with Crippen LogP contribution in [0.4, 0.5) is 0 Å². The number of benzene rings is 1. The predicted octanol–water partition coefficient (Wildman–Crippen LogP) is 1.72. The Morgan fingerprint density at radius 3 is 2.57 bits per heavy atom. The second-order valence-electron chi connectivity index (χ2n) is 3.28. The average Bonchev–Trinajstić information content (AvgIpc) is 2.47. The molecule has 0 unspecified atom stereocenters. The molecule has 0 amide bonds. The minimum Gasteiger partial charge on any atom is -0.493 e. The van der Waals surface area contributed by atoms with Gasteiger partial charge >= 0.3 is 0 Å². The fraction of sp³-hybridized carbons (Fsp3) is 0.182. The zero-order valence-corrected chi connectivity index (χ0v) is 8.01. The minimum atomic E-state index is 0.205. The number of aryl methyl sites for hydroxylation is 1. The second kappa shape index (κ2) is 3.54. The molecular formula is C11H12N2O. The summed E-state index contributed by atoms with van der Waals surface area (Å²) in [6, 6.07) is 11.8. The number of rotatable bonds is 2. The highest BCUT2D eigenvalue weighted by Crippen LogP contribution is 2.13. The molecule has 1 heterocycles. The molecule has 0 aliphatic heterocycles. The van der Waals surface area contributed by atoms with Crippen LogP contribution >= 0.6 is 0 Å². The largest absolute Gasteiger partial charge is 0.493 e. The summed E-state index contributed by atoms with van der Waals surface area (Å²) >= 11 is 0. The van der Waals surface area contributed by atoms with Crippen LogP contribution in [0.5, 0.6) is 5.88 Å². The first-order valence-electron chi connectivity index (χ1n) is 4.51. The first kappa shape index (κ1) is 8.81. The molecule has 72 valence electrons. The Bertz CT molecular complexity index is 401. The number of hydrogen-bond acceptors (Lipinski definition) is 2. The average molecular weight is 188 g/mol. The molecule has 0 bridgehead atoms. The highest BCUT2D eigenvalue weighted by Gasteiger charge is 2.03. The molecule has 1 N–H and O–H groups in total. The van der Waals surface area contributed by atoms with Gasteiger partial charge in [0.15, 0.2) is 0 Å². The van der Waals surface area contributed by atoms with E-state index in [-0.39, 0.29) is 5.88 Å². The van der Waals surface area contributed by atoms with Gasteiger partial charge in [-0.05, 0) is 5.56 Å². The maximum atomic E-state index is 9.32. The third-order valence-corrected chi connectivity index (χ3v) is 2.13. The summed E-state index contributed by atoms with van der Waals surface area (Å²) in [7, 11) is 1.73. The zero-order chi connectivity index (χ0) is 9.97. The molecule has 0 aliphatic carbocycles. The Labute approximate surface area is 82.6 Å². The van der Waals surface area contributed by atoms with Gasteiger partial charge in [-0.2, -0.15) is 5.10 Å². The van der Waals surface area contributed by atoms with Gasteiger partial charge in [0.1, 0.15) is 0 Å². The lowest BCUT2D eigenvalue weighted by molar-refractivity contribution is 0.419. The van der Waals surface area contributed by atoms with Crippen LogP contribution in [0, 0.1) is 0 Å². The van der Waals surface area contributed by atoms with Crippen molar-refractivity contribution < 1.29 is 5.11 Å². The number of aromatic nitrogens is 2. The number of aromatic hydroxyl groups is 1. The fourth-order valence-electron chi connectivity index (χ4n) is 1.41. The van der Waals surface area contributed by atoms with E-state index in [9.17, 15) is 5.11 Å². The van der Waals surface area contributed by atoms with E-state index in [0.717, 1.165) is 12.1 Å². The van der Waals surface area contributed by atoms with Gasteiger partial charge < -0.3 is 5.11 Å². The summed E-state index contributed by atoms with van der Waals surface area (Å²) in [5.41, 5.74) is 2.09. The Balaban J connectivity index is 2.19.